The summed E-state index contributed by atoms with van der Waals surface area (Å²) in [4.78, 5) is 25.3. The number of hydrogen-bond donors (Lipinski definition) is 1. The second-order valence-corrected chi connectivity index (χ2v) is 8.58. The molecule has 0 aliphatic heterocycles. The van der Waals surface area contributed by atoms with E-state index in [1.165, 1.54) is 16.7 Å². The van der Waals surface area contributed by atoms with E-state index >= 15 is 0 Å². The first kappa shape index (κ1) is 23.8. The van der Waals surface area contributed by atoms with Crippen molar-refractivity contribution in [2.75, 3.05) is 0 Å². The van der Waals surface area contributed by atoms with Crippen LogP contribution in [0.3, 0.4) is 0 Å². The lowest BCUT2D eigenvalue weighted by atomic mass is 10.1. The average Bonchev–Trinajstić information content (AvgIpc) is 3.01. The van der Waals surface area contributed by atoms with E-state index < -0.39 is 23.3 Å². The number of nitrogens with one attached hydrogen (secondary N) is 1. The molecule has 1 aromatic heterocycles. The minimum absolute atomic E-state index is 0.0959. The summed E-state index contributed by atoms with van der Waals surface area (Å²) in [7, 11) is 0. The van der Waals surface area contributed by atoms with Gasteiger partial charge in [-0.1, -0.05) is 60.1 Å². The van der Waals surface area contributed by atoms with E-state index in [1.54, 1.807) is 0 Å². The highest BCUT2D eigenvalue weighted by atomic mass is 79.9. The molecule has 0 bridgehead atoms. The maximum absolute atomic E-state index is 12.9. The average molecular weight is 511 g/mol. The summed E-state index contributed by atoms with van der Waals surface area (Å²) in [6.45, 7) is 3.91. The van der Waals surface area contributed by atoms with Gasteiger partial charge in [-0.2, -0.15) is 13.2 Å². The summed E-state index contributed by atoms with van der Waals surface area (Å²) in [5.74, 6) is 0.0700. The predicted molar refractivity (Wildman–Crippen MR) is 118 cm³/mol. The van der Waals surface area contributed by atoms with Crippen LogP contribution in [0.4, 0.5) is 13.2 Å². The minimum Gasteiger partial charge on any atom is -0.350 e. The molecule has 0 spiro atoms. The molecule has 3 aromatic rings. The molecule has 1 N–H and O–H groups in total. The summed E-state index contributed by atoms with van der Waals surface area (Å²) >= 11 is 3.46. The molecule has 1 amide bonds. The van der Waals surface area contributed by atoms with Crippen LogP contribution in [0.1, 0.15) is 25.0 Å². The maximum atomic E-state index is 12.9. The number of carbonyl (C=O) groups is 1. The molecule has 2 aromatic carbocycles. The Kier molecular flexibility index (Phi) is 7.22. The fraction of sp³-hybridized carbons (Fsp3) is 0.318. The van der Waals surface area contributed by atoms with Gasteiger partial charge in [-0.15, -0.1) is 5.10 Å². The number of benzene rings is 2. The van der Waals surface area contributed by atoms with Gasteiger partial charge < -0.3 is 5.32 Å². The molecule has 0 unspecified atom stereocenters. The molecule has 0 radical (unpaired) electrons. The lowest BCUT2D eigenvalue weighted by Gasteiger charge is -2.09. The summed E-state index contributed by atoms with van der Waals surface area (Å²) in [5.41, 5.74) is -0.196. The van der Waals surface area contributed by atoms with E-state index in [1.807, 2.05) is 38.1 Å². The van der Waals surface area contributed by atoms with Gasteiger partial charge in [-0.05, 0) is 29.7 Å². The fourth-order valence-electron chi connectivity index (χ4n) is 3.17. The van der Waals surface area contributed by atoms with Gasteiger partial charge in [0.1, 0.15) is 6.54 Å². The van der Waals surface area contributed by atoms with Crippen molar-refractivity contribution in [3.05, 3.63) is 74.6 Å². The van der Waals surface area contributed by atoms with Crippen LogP contribution in [0, 0.1) is 5.92 Å². The van der Waals surface area contributed by atoms with Gasteiger partial charge in [0, 0.05) is 23.1 Å². The molecular weight excluding hydrogens is 489 g/mol. The molecule has 6 nitrogen and oxygen atoms in total. The van der Waals surface area contributed by atoms with E-state index in [4.69, 9.17) is 0 Å². The highest BCUT2D eigenvalue weighted by Gasteiger charge is 2.30. The van der Waals surface area contributed by atoms with E-state index in [0.717, 1.165) is 21.3 Å². The van der Waals surface area contributed by atoms with Crippen LogP contribution < -0.4 is 11.0 Å². The molecule has 3 rings (SSSR count). The predicted octanol–water partition coefficient (Wildman–Crippen LogP) is 4.47. The Morgan fingerprint density at radius 3 is 2.53 bits per heavy atom. The maximum Gasteiger partial charge on any atom is 0.416 e. The van der Waals surface area contributed by atoms with Crippen LogP contribution in [-0.2, 0) is 30.6 Å². The molecule has 1 heterocycles. The molecule has 10 heteroatoms. The van der Waals surface area contributed by atoms with Gasteiger partial charge in [0.15, 0.2) is 5.82 Å². The third-order valence-electron chi connectivity index (χ3n) is 4.62. The number of halogens is 4. The van der Waals surface area contributed by atoms with Crippen LogP contribution in [0.2, 0.25) is 0 Å². The van der Waals surface area contributed by atoms with Crippen molar-refractivity contribution < 1.29 is 18.0 Å². The van der Waals surface area contributed by atoms with Crippen molar-refractivity contribution >= 4 is 21.8 Å². The molecule has 170 valence electrons. The lowest BCUT2D eigenvalue weighted by Crippen LogP contribution is -2.34. The number of carbonyl (C=O) groups excluding carboxylic acids is 1. The largest absolute Gasteiger partial charge is 0.416 e. The van der Waals surface area contributed by atoms with Crippen molar-refractivity contribution in [1.82, 2.24) is 19.7 Å². The van der Waals surface area contributed by atoms with Gasteiger partial charge in [0.25, 0.3) is 0 Å². The van der Waals surface area contributed by atoms with Crippen LogP contribution in [0.5, 0.6) is 0 Å². The molecular formula is C22H22BrF3N4O2. The topological polar surface area (TPSA) is 68.9 Å². The second-order valence-electron chi connectivity index (χ2n) is 7.72. The Bertz CT molecular complexity index is 1170. The zero-order valence-corrected chi connectivity index (χ0v) is 19.1. The van der Waals surface area contributed by atoms with Crippen molar-refractivity contribution in [2.45, 2.75) is 39.7 Å². The third-order valence-corrected chi connectivity index (χ3v) is 5.31. The first-order chi connectivity index (χ1) is 15.1. The van der Waals surface area contributed by atoms with Crippen molar-refractivity contribution in [3.8, 4) is 11.4 Å². The van der Waals surface area contributed by atoms with Gasteiger partial charge in [0.2, 0.25) is 5.91 Å². The molecule has 0 atom stereocenters. The lowest BCUT2D eigenvalue weighted by molar-refractivity contribution is -0.137. The number of rotatable bonds is 7. The Morgan fingerprint density at radius 1 is 1.16 bits per heavy atom. The summed E-state index contributed by atoms with van der Waals surface area (Å²) in [6, 6.07) is 12.0. The standard InChI is InChI=1S/C22H22BrF3N4O2/c1-14(2)12-29-20(17-8-3-4-9-18(17)23)28-30(21(29)32)13-19(31)27-11-15-6-5-7-16(10-15)22(24,25)26/h3-10,14H,11-13H2,1-2H3,(H,27,31). The van der Waals surface area contributed by atoms with E-state index in [0.29, 0.717) is 23.5 Å². The minimum atomic E-state index is -4.46. The highest BCUT2D eigenvalue weighted by Crippen LogP contribution is 2.29. The zero-order valence-electron chi connectivity index (χ0n) is 17.5. The van der Waals surface area contributed by atoms with Gasteiger partial charge >= 0.3 is 11.9 Å². The SMILES string of the molecule is CC(C)Cn1c(-c2ccccc2Br)nn(CC(=O)NCc2cccc(C(F)(F)F)c2)c1=O. The van der Waals surface area contributed by atoms with Crippen molar-refractivity contribution in [2.24, 2.45) is 5.92 Å². The molecule has 32 heavy (non-hydrogen) atoms. The molecule has 0 aliphatic rings. The van der Waals surface area contributed by atoms with Crippen LogP contribution >= 0.6 is 15.9 Å². The first-order valence-electron chi connectivity index (χ1n) is 9.91. The van der Waals surface area contributed by atoms with E-state index in [-0.39, 0.29) is 19.0 Å². The van der Waals surface area contributed by atoms with Gasteiger partial charge in [0.05, 0.1) is 5.56 Å². The van der Waals surface area contributed by atoms with Crippen LogP contribution in [0.25, 0.3) is 11.4 Å². The van der Waals surface area contributed by atoms with Crippen LogP contribution in [-0.4, -0.2) is 20.3 Å². The van der Waals surface area contributed by atoms with Gasteiger partial charge in [-0.25, -0.2) is 9.48 Å². The van der Waals surface area contributed by atoms with E-state index in [2.05, 4.69) is 26.3 Å². The number of nitrogens with zero attached hydrogens (tertiary/aromatic N) is 3. The number of hydrogen-bond acceptors (Lipinski definition) is 3. The second kappa shape index (κ2) is 9.72. The smallest absolute Gasteiger partial charge is 0.350 e. The highest BCUT2D eigenvalue weighted by molar-refractivity contribution is 9.10. The Morgan fingerprint density at radius 2 is 1.88 bits per heavy atom. The van der Waals surface area contributed by atoms with Crippen molar-refractivity contribution in [1.29, 1.82) is 0 Å². The van der Waals surface area contributed by atoms with Gasteiger partial charge in [-0.3, -0.25) is 9.36 Å². The van der Waals surface area contributed by atoms with E-state index in [9.17, 15) is 22.8 Å². The zero-order chi connectivity index (χ0) is 23.5. The summed E-state index contributed by atoms with van der Waals surface area (Å²) in [5, 5.41) is 6.91. The Labute approximate surface area is 191 Å². The fourth-order valence-corrected chi connectivity index (χ4v) is 3.63. The Hall–Kier alpha value is -2.88. The molecule has 0 aliphatic carbocycles. The number of alkyl halides is 3. The molecule has 0 saturated heterocycles. The van der Waals surface area contributed by atoms with Crippen molar-refractivity contribution in [3.63, 3.8) is 0 Å². The number of amides is 1. The van der Waals surface area contributed by atoms with Crippen LogP contribution in [0.15, 0.2) is 57.8 Å². The summed E-state index contributed by atoms with van der Waals surface area (Å²) in [6.07, 6.45) is -4.46. The molecule has 0 fully saturated rings. The normalized spacial score (nSPS) is 11.7. The number of aromatic nitrogens is 3. The molecule has 0 saturated carbocycles. The Balaban J connectivity index is 1.79. The monoisotopic (exact) mass is 510 g/mol. The third kappa shape index (κ3) is 5.67. The quantitative estimate of drug-likeness (QED) is 0.509. The first-order valence-corrected chi connectivity index (χ1v) is 10.7. The summed E-state index contributed by atoms with van der Waals surface area (Å²) < 4.78 is 41.9.